The minimum Gasteiger partial charge on any atom is -0.391 e. The number of nitrogens with one attached hydrogen (secondary N) is 2. The molecule has 6 nitrogen and oxygen atoms in total. The van der Waals surface area contributed by atoms with Gasteiger partial charge in [-0.1, -0.05) is 6.07 Å². The highest BCUT2D eigenvalue weighted by Crippen LogP contribution is 2.20. The Morgan fingerprint density at radius 2 is 2.21 bits per heavy atom. The fourth-order valence-corrected chi connectivity index (χ4v) is 2.00. The summed E-state index contributed by atoms with van der Waals surface area (Å²) in [4.78, 5) is 16.0. The Hall–Kier alpha value is -2.21. The van der Waals surface area contributed by atoms with E-state index >= 15 is 0 Å². The van der Waals surface area contributed by atoms with Gasteiger partial charge in [-0.15, -0.1) is 0 Å². The third-order valence-corrected chi connectivity index (χ3v) is 3.38. The summed E-state index contributed by atoms with van der Waals surface area (Å²) in [5.74, 6) is -0.248. The Kier molecular flexibility index (Phi) is 3.00. The van der Waals surface area contributed by atoms with E-state index in [0.29, 0.717) is 5.69 Å². The fraction of sp³-hybridized carbons (Fsp3) is 0.308. The number of hydrogen-bond donors (Lipinski definition) is 3. The molecule has 1 fully saturated rings. The molecule has 2 aromatic rings. The largest absolute Gasteiger partial charge is 0.391 e. The van der Waals surface area contributed by atoms with E-state index < -0.39 is 6.10 Å². The Labute approximate surface area is 109 Å². The molecule has 98 valence electrons. The molecule has 3 rings (SSSR count). The molecule has 1 amide bonds. The minimum absolute atomic E-state index is 0.136. The van der Waals surface area contributed by atoms with Crippen molar-refractivity contribution in [1.82, 2.24) is 20.5 Å². The highest BCUT2D eigenvalue weighted by Gasteiger charge is 2.30. The fourth-order valence-electron chi connectivity index (χ4n) is 2.00. The molecule has 0 bridgehead atoms. The molecule has 1 aliphatic carbocycles. The van der Waals surface area contributed by atoms with E-state index in [1.807, 2.05) is 6.07 Å². The monoisotopic (exact) mass is 258 g/mol. The molecule has 0 unspecified atom stereocenters. The van der Waals surface area contributed by atoms with Crippen molar-refractivity contribution < 1.29 is 9.90 Å². The van der Waals surface area contributed by atoms with Crippen LogP contribution in [0.15, 0.2) is 30.7 Å². The summed E-state index contributed by atoms with van der Waals surface area (Å²) < 4.78 is 0. The predicted octanol–water partition coefficient (Wildman–Crippen LogP) is 0.725. The first-order chi connectivity index (χ1) is 9.24. The Balaban J connectivity index is 1.70. The van der Waals surface area contributed by atoms with Crippen LogP contribution in [-0.4, -0.2) is 38.3 Å². The van der Waals surface area contributed by atoms with E-state index in [1.165, 1.54) is 0 Å². The van der Waals surface area contributed by atoms with Crippen LogP contribution in [0.5, 0.6) is 0 Å². The molecule has 3 N–H and O–H groups in total. The molecule has 0 spiro atoms. The predicted molar refractivity (Wildman–Crippen MR) is 68.3 cm³/mol. The van der Waals surface area contributed by atoms with Crippen LogP contribution in [0.2, 0.25) is 0 Å². The van der Waals surface area contributed by atoms with Gasteiger partial charge in [0.2, 0.25) is 0 Å². The molecule has 2 aromatic heterocycles. The van der Waals surface area contributed by atoms with Crippen LogP contribution in [0.1, 0.15) is 23.3 Å². The number of carbonyl (C=O) groups is 1. The van der Waals surface area contributed by atoms with Crippen molar-refractivity contribution >= 4 is 5.91 Å². The topological polar surface area (TPSA) is 90.9 Å². The Morgan fingerprint density at radius 1 is 1.32 bits per heavy atom. The van der Waals surface area contributed by atoms with Gasteiger partial charge in [-0.05, 0) is 18.9 Å². The van der Waals surface area contributed by atoms with Crippen molar-refractivity contribution in [1.29, 1.82) is 0 Å². The molecule has 0 aromatic carbocycles. The van der Waals surface area contributed by atoms with E-state index in [1.54, 1.807) is 24.7 Å². The van der Waals surface area contributed by atoms with E-state index in [-0.39, 0.29) is 11.9 Å². The van der Waals surface area contributed by atoms with Crippen LogP contribution in [0, 0.1) is 0 Å². The number of H-pyrrole nitrogens is 1. The van der Waals surface area contributed by atoms with Crippen molar-refractivity contribution in [2.45, 2.75) is 25.0 Å². The quantitative estimate of drug-likeness (QED) is 0.756. The molecule has 1 aliphatic rings. The molecular weight excluding hydrogens is 244 g/mol. The summed E-state index contributed by atoms with van der Waals surface area (Å²) in [6.07, 6.45) is 6.24. The average Bonchev–Trinajstić information content (AvgIpc) is 2.97. The lowest BCUT2D eigenvalue weighted by Crippen LogP contribution is -2.50. The summed E-state index contributed by atoms with van der Waals surface area (Å²) in [5.41, 5.74) is 2.18. The number of aliphatic hydroxyl groups excluding tert-OH is 1. The molecule has 0 aliphatic heterocycles. The number of pyridine rings is 1. The van der Waals surface area contributed by atoms with Crippen LogP contribution < -0.4 is 5.32 Å². The van der Waals surface area contributed by atoms with E-state index in [9.17, 15) is 9.90 Å². The Morgan fingerprint density at radius 3 is 2.74 bits per heavy atom. The average molecular weight is 258 g/mol. The van der Waals surface area contributed by atoms with Crippen LogP contribution in [0.25, 0.3) is 11.1 Å². The molecule has 2 heterocycles. The lowest BCUT2D eigenvalue weighted by atomic mass is 9.89. The van der Waals surface area contributed by atoms with Crippen molar-refractivity contribution in [3.63, 3.8) is 0 Å². The third-order valence-electron chi connectivity index (χ3n) is 3.38. The number of carbonyl (C=O) groups excluding carboxylic acids is 1. The number of rotatable bonds is 3. The molecule has 0 radical (unpaired) electrons. The number of aromatic amines is 1. The number of hydrogen-bond acceptors (Lipinski definition) is 4. The summed E-state index contributed by atoms with van der Waals surface area (Å²) in [6, 6.07) is 3.36. The van der Waals surface area contributed by atoms with Gasteiger partial charge in [-0.2, -0.15) is 5.10 Å². The van der Waals surface area contributed by atoms with Gasteiger partial charge in [-0.25, -0.2) is 0 Å². The van der Waals surface area contributed by atoms with E-state index in [4.69, 9.17) is 0 Å². The maximum Gasteiger partial charge on any atom is 0.270 e. The van der Waals surface area contributed by atoms with Gasteiger partial charge in [0.1, 0.15) is 5.69 Å². The van der Waals surface area contributed by atoms with Crippen molar-refractivity contribution in [2.24, 2.45) is 0 Å². The standard InChI is InChI=1S/C13H14N4O2/c18-12-4-3-10(12)17-13(19)11-2-1-8(5-14-11)9-6-15-16-7-9/h1-2,5-7,10,12,18H,3-4H2,(H,15,16)(H,17,19)/t10-,12-/m1/s1. The zero-order valence-electron chi connectivity index (χ0n) is 10.2. The van der Waals surface area contributed by atoms with Gasteiger partial charge in [0, 0.05) is 23.5 Å². The van der Waals surface area contributed by atoms with Gasteiger partial charge in [-0.3, -0.25) is 14.9 Å². The third kappa shape index (κ3) is 2.34. The van der Waals surface area contributed by atoms with E-state index in [2.05, 4.69) is 20.5 Å². The van der Waals surface area contributed by atoms with Gasteiger partial charge >= 0.3 is 0 Å². The Bertz CT molecular complexity index is 565. The summed E-state index contributed by atoms with van der Waals surface area (Å²) >= 11 is 0. The lowest BCUT2D eigenvalue weighted by molar-refractivity contribution is 0.0445. The van der Waals surface area contributed by atoms with Crippen LogP contribution in [0.3, 0.4) is 0 Å². The van der Waals surface area contributed by atoms with Gasteiger partial charge in [0.15, 0.2) is 0 Å². The highest BCUT2D eigenvalue weighted by molar-refractivity contribution is 5.92. The molecule has 1 saturated carbocycles. The molecule has 19 heavy (non-hydrogen) atoms. The maximum atomic E-state index is 11.9. The van der Waals surface area contributed by atoms with Crippen molar-refractivity contribution in [3.05, 3.63) is 36.4 Å². The van der Waals surface area contributed by atoms with Crippen molar-refractivity contribution in [3.8, 4) is 11.1 Å². The van der Waals surface area contributed by atoms with Crippen LogP contribution in [-0.2, 0) is 0 Å². The van der Waals surface area contributed by atoms with Gasteiger partial charge < -0.3 is 10.4 Å². The zero-order valence-corrected chi connectivity index (χ0v) is 10.2. The minimum atomic E-state index is -0.422. The summed E-state index contributed by atoms with van der Waals surface area (Å²) in [7, 11) is 0. The first-order valence-corrected chi connectivity index (χ1v) is 6.18. The number of nitrogens with zero attached hydrogens (tertiary/aromatic N) is 2. The van der Waals surface area contributed by atoms with Crippen LogP contribution in [0.4, 0.5) is 0 Å². The van der Waals surface area contributed by atoms with Crippen LogP contribution >= 0.6 is 0 Å². The lowest BCUT2D eigenvalue weighted by Gasteiger charge is -2.32. The number of aliphatic hydroxyl groups is 1. The second-order valence-corrected chi connectivity index (χ2v) is 4.64. The summed E-state index contributed by atoms with van der Waals surface area (Å²) in [5, 5.41) is 18.8. The molecule has 6 heteroatoms. The zero-order chi connectivity index (χ0) is 13.2. The second-order valence-electron chi connectivity index (χ2n) is 4.64. The van der Waals surface area contributed by atoms with Gasteiger partial charge in [0.05, 0.1) is 18.3 Å². The molecule has 0 saturated heterocycles. The first kappa shape index (κ1) is 11.9. The molecular formula is C13H14N4O2. The SMILES string of the molecule is O=C(N[C@@H]1CC[C@H]1O)c1ccc(-c2cn[nH]c2)cn1. The molecule has 2 atom stereocenters. The normalized spacial score (nSPS) is 21.7. The highest BCUT2D eigenvalue weighted by atomic mass is 16.3. The van der Waals surface area contributed by atoms with E-state index in [0.717, 1.165) is 24.0 Å². The smallest absolute Gasteiger partial charge is 0.270 e. The summed E-state index contributed by atoms with van der Waals surface area (Å²) in [6.45, 7) is 0. The maximum absolute atomic E-state index is 11.9. The number of amides is 1. The number of aromatic nitrogens is 3. The first-order valence-electron chi connectivity index (χ1n) is 6.18. The van der Waals surface area contributed by atoms with Gasteiger partial charge in [0.25, 0.3) is 5.91 Å². The second kappa shape index (κ2) is 4.81. The van der Waals surface area contributed by atoms with Crippen molar-refractivity contribution in [2.75, 3.05) is 0 Å².